The summed E-state index contributed by atoms with van der Waals surface area (Å²) in [5.41, 5.74) is 6.69. The molecule has 0 aliphatic rings. The fraction of sp³-hybridized carbons (Fsp3) is 0. The Morgan fingerprint density at radius 3 is 2.35 bits per heavy atom. The fourth-order valence-corrected chi connectivity index (χ4v) is 1.53. The van der Waals surface area contributed by atoms with Gasteiger partial charge >= 0.3 is 5.69 Å². The van der Waals surface area contributed by atoms with Crippen LogP contribution in [0.4, 0.5) is 11.5 Å². The maximum atomic E-state index is 10.6. The highest BCUT2D eigenvalue weighted by atomic mass is 35.5. The number of halogens is 1. The molecule has 2 aromatic rings. The van der Waals surface area contributed by atoms with Crippen molar-refractivity contribution in [1.82, 2.24) is 4.98 Å². The van der Waals surface area contributed by atoms with Gasteiger partial charge in [-0.25, -0.2) is 4.98 Å². The van der Waals surface area contributed by atoms with Gasteiger partial charge < -0.3 is 5.73 Å². The number of hydrogen-bond donors (Lipinski definition) is 1. The number of aromatic nitrogens is 1. The van der Waals surface area contributed by atoms with Crippen molar-refractivity contribution in [2.24, 2.45) is 0 Å². The zero-order valence-corrected chi connectivity index (χ0v) is 9.39. The van der Waals surface area contributed by atoms with E-state index >= 15 is 0 Å². The molecule has 0 aliphatic carbocycles. The molecule has 1 aromatic carbocycles. The summed E-state index contributed by atoms with van der Waals surface area (Å²) in [5, 5.41) is 11.2. The molecule has 0 bridgehead atoms. The number of nitrogens with zero attached hydrogens (tertiary/aromatic N) is 2. The summed E-state index contributed by atoms with van der Waals surface area (Å²) in [6.07, 6.45) is 0. The van der Waals surface area contributed by atoms with Crippen molar-refractivity contribution in [1.29, 1.82) is 0 Å². The molecule has 0 fully saturated rings. The maximum absolute atomic E-state index is 10.6. The number of rotatable bonds is 2. The van der Waals surface area contributed by atoms with Gasteiger partial charge in [0.05, 0.1) is 10.6 Å². The average molecular weight is 250 g/mol. The van der Waals surface area contributed by atoms with E-state index in [4.69, 9.17) is 17.3 Å². The highest BCUT2D eigenvalue weighted by molar-refractivity contribution is 6.30. The SMILES string of the molecule is Nc1nc(-c2ccc(Cl)cc2)ccc1[N+](=O)[O-]. The zero-order chi connectivity index (χ0) is 12.4. The molecular weight excluding hydrogens is 242 g/mol. The van der Waals surface area contributed by atoms with Crippen molar-refractivity contribution in [2.75, 3.05) is 5.73 Å². The molecule has 17 heavy (non-hydrogen) atoms. The minimum atomic E-state index is -0.562. The van der Waals surface area contributed by atoms with Crippen LogP contribution in [-0.4, -0.2) is 9.91 Å². The lowest BCUT2D eigenvalue weighted by atomic mass is 10.1. The number of nitro groups is 1. The van der Waals surface area contributed by atoms with Crippen LogP contribution in [0, 0.1) is 10.1 Å². The molecule has 5 nitrogen and oxygen atoms in total. The van der Waals surface area contributed by atoms with E-state index < -0.39 is 4.92 Å². The number of pyridine rings is 1. The van der Waals surface area contributed by atoms with Crippen molar-refractivity contribution >= 4 is 23.1 Å². The van der Waals surface area contributed by atoms with Gasteiger partial charge in [0.2, 0.25) is 5.82 Å². The van der Waals surface area contributed by atoms with Gasteiger partial charge in [-0.15, -0.1) is 0 Å². The summed E-state index contributed by atoms with van der Waals surface area (Å²) in [6, 6.07) is 9.88. The van der Waals surface area contributed by atoms with Crippen LogP contribution >= 0.6 is 11.6 Å². The van der Waals surface area contributed by atoms with E-state index in [0.717, 1.165) is 5.56 Å². The second kappa shape index (κ2) is 4.39. The third kappa shape index (κ3) is 2.34. The minimum Gasteiger partial charge on any atom is -0.378 e. The smallest absolute Gasteiger partial charge is 0.311 e. The number of nitrogen functional groups attached to an aromatic ring is 1. The standard InChI is InChI=1S/C11H8ClN3O2/c12-8-3-1-7(2-4-8)9-5-6-10(15(16)17)11(13)14-9/h1-6H,(H2,13,14). The second-order valence-corrected chi connectivity index (χ2v) is 3.80. The van der Waals surface area contributed by atoms with Crippen LogP contribution in [0.25, 0.3) is 11.3 Å². The first kappa shape index (κ1) is 11.3. The molecule has 86 valence electrons. The fourth-order valence-electron chi connectivity index (χ4n) is 1.40. The van der Waals surface area contributed by atoms with Crippen LogP contribution in [0.3, 0.4) is 0 Å². The van der Waals surface area contributed by atoms with Crippen LogP contribution < -0.4 is 5.73 Å². The number of nitrogens with two attached hydrogens (primary N) is 1. The molecule has 0 aliphatic heterocycles. The normalized spacial score (nSPS) is 10.2. The summed E-state index contributed by atoms with van der Waals surface area (Å²) < 4.78 is 0. The molecule has 0 saturated heterocycles. The van der Waals surface area contributed by atoms with E-state index in [1.807, 2.05) is 0 Å². The Morgan fingerprint density at radius 2 is 1.82 bits per heavy atom. The monoisotopic (exact) mass is 249 g/mol. The molecule has 0 unspecified atom stereocenters. The minimum absolute atomic E-state index is 0.0950. The maximum Gasteiger partial charge on any atom is 0.311 e. The third-order valence-corrected chi connectivity index (χ3v) is 2.49. The second-order valence-electron chi connectivity index (χ2n) is 3.36. The Balaban J connectivity index is 2.44. The predicted octanol–water partition coefficient (Wildman–Crippen LogP) is 2.89. The van der Waals surface area contributed by atoms with Crippen LogP contribution in [0.2, 0.25) is 5.02 Å². The number of anilines is 1. The molecule has 2 N–H and O–H groups in total. The summed E-state index contributed by atoms with van der Waals surface area (Å²) in [5.74, 6) is -0.0950. The Kier molecular flexibility index (Phi) is 2.93. The van der Waals surface area contributed by atoms with Crippen molar-refractivity contribution in [3.63, 3.8) is 0 Å². The molecule has 6 heteroatoms. The van der Waals surface area contributed by atoms with Gasteiger partial charge in [-0.05, 0) is 18.2 Å². The molecule has 0 amide bonds. The Morgan fingerprint density at radius 1 is 1.18 bits per heavy atom. The summed E-state index contributed by atoms with van der Waals surface area (Å²) >= 11 is 5.76. The lowest BCUT2D eigenvalue weighted by molar-refractivity contribution is -0.384. The van der Waals surface area contributed by atoms with Gasteiger partial charge in [0.25, 0.3) is 0 Å². The van der Waals surface area contributed by atoms with Crippen LogP contribution in [0.15, 0.2) is 36.4 Å². The highest BCUT2D eigenvalue weighted by Gasteiger charge is 2.13. The van der Waals surface area contributed by atoms with E-state index in [-0.39, 0.29) is 11.5 Å². The van der Waals surface area contributed by atoms with Crippen molar-refractivity contribution in [2.45, 2.75) is 0 Å². The van der Waals surface area contributed by atoms with Crippen LogP contribution in [-0.2, 0) is 0 Å². The van der Waals surface area contributed by atoms with Crippen LogP contribution in [0.5, 0.6) is 0 Å². The van der Waals surface area contributed by atoms with Gasteiger partial charge in [-0.3, -0.25) is 10.1 Å². The molecule has 0 atom stereocenters. The third-order valence-electron chi connectivity index (χ3n) is 2.24. The topological polar surface area (TPSA) is 82.0 Å². The van der Waals surface area contributed by atoms with E-state index in [0.29, 0.717) is 10.7 Å². The molecule has 2 rings (SSSR count). The van der Waals surface area contributed by atoms with E-state index in [1.165, 1.54) is 6.07 Å². The lowest BCUT2D eigenvalue weighted by Gasteiger charge is -2.02. The lowest BCUT2D eigenvalue weighted by Crippen LogP contribution is -1.99. The Hall–Kier alpha value is -2.14. The molecule has 0 spiro atoms. The molecular formula is C11H8ClN3O2. The van der Waals surface area contributed by atoms with Gasteiger partial charge in [-0.1, -0.05) is 23.7 Å². The first-order chi connectivity index (χ1) is 8.08. The summed E-state index contributed by atoms with van der Waals surface area (Å²) in [6.45, 7) is 0. The molecule has 0 radical (unpaired) electrons. The number of hydrogen-bond acceptors (Lipinski definition) is 4. The zero-order valence-electron chi connectivity index (χ0n) is 8.63. The molecule has 0 saturated carbocycles. The first-order valence-electron chi connectivity index (χ1n) is 4.75. The average Bonchev–Trinajstić information content (AvgIpc) is 2.29. The Bertz CT molecular complexity index is 569. The number of benzene rings is 1. The van der Waals surface area contributed by atoms with Gasteiger partial charge in [-0.2, -0.15) is 0 Å². The van der Waals surface area contributed by atoms with E-state index in [1.54, 1.807) is 30.3 Å². The summed E-state index contributed by atoms with van der Waals surface area (Å²) in [4.78, 5) is 14.0. The van der Waals surface area contributed by atoms with E-state index in [2.05, 4.69) is 4.98 Å². The summed E-state index contributed by atoms with van der Waals surface area (Å²) in [7, 11) is 0. The van der Waals surface area contributed by atoms with Gasteiger partial charge in [0.15, 0.2) is 0 Å². The van der Waals surface area contributed by atoms with Crippen LogP contribution in [0.1, 0.15) is 0 Å². The largest absolute Gasteiger partial charge is 0.378 e. The van der Waals surface area contributed by atoms with Gasteiger partial charge in [0, 0.05) is 16.7 Å². The van der Waals surface area contributed by atoms with Crippen molar-refractivity contribution < 1.29 is 4.92 Å². The van der Waals surface area contributed by atoms with Crippen molar-refractivity contribution in [3.8, 4) is 11.3 Å². The highest BCUT2D eigenvalue weighted by Crippen LogP contribution is 2.25. The van der Waals surface area contributed by atoms with Crippen molar-refractivity contribution in [3.05, 3.63) is 51.5 Å². The predicted molar refractivity (Wildman–Crippen MR) is 65.7 cm³/mol. The Labute approximate surface area is 102 Å². The quantitative estimate of drug-likeness (QED) is 0.655. The first-order valence-corrected chi connectivity index (χ1v) is 5.12. The van der Waals surface area contributed by atoms with Gasteiger partial charge in [0.1, 0.15) is 0 Å². The molecule has 1 heterocycles. The van der Waals surface area contributed by atoms with E-state index in [9.17, 15) is 10.1 Å². The molecule has 1 aromatic heterocycles.